The summed E-state index contributed by atoms with van der Waals surface area (Å²) in [5.41, 5.74) is 2.41. The van der Waals surface area contributed by atoms with E-state index in [-0.39, 0.29) is 0 Å². The zero-order chi connectivity index (χ0) is 14.4. The average molecular weight is 416 g/mol. The maximum Gasteiger partial charge on any atom is 0.111 e. The number of halogens is 2. The Balaban J connectivity index is 1.83. The Morgan fingerprint density at radius 2 is 2.10 bits per heavy atom. The first-order valence-corrected chi connectivity index (χ1v) is 9.32. The number of hydrogen-bond acceptors (Lipinski definition) is 2. The fraction of sp³-hybridized carbons (Fsp3) is 0.562. The highest BCUT2D eigenvalue weighted by Gasteiger charge is 2.36. The first-order chi connectivity index (χ1) is 10.3. The molecular formula is C16H19ClIN3. The second kappa shape index (κ2) is 5.70. The molecule has 5 heteroatoms. The van der Waals surface area contributed by atoms with Crippen molar-refractivity contribution < 1.29 is 0 Å². The number of rotatable bonds is 3. The molecule has 2 bridgehead atoms. The molecule has 1 aromatic carbocycles. The van der Waals surface area contributed by atoms with Crippen molar-refractivity contribution in [2.24, 2.45) is 5.92 Å². The van der Waals surface area contributed by atoms with Gasteiger partial charge in [-0.25, -0.2) is 4.98 Å². The number of piperidine rings is 3. The van der Waals surface area contributed by atoms with Crippen LogP contribution in [0.15, 0.2) is 18.2 Å². The van der Waals surface area contributed by atoms with E-state index in [0.29, 0.717) is 11.9 Å². The quantitative estimate of drug-likeness (QED) is 0.563. The molecule has 21 heavy (non-hydrogen) atoms. The van der Waals surface area contributed by atoms with Crippen LogP contribution in [0.4, 0.5) is 0 Å². The average Bonchev–Trinajstić information content (AvgIpc) is 2.85. The zero-order valence-electron chi connectivity index (χ0n) is 11.9. The molecule has 0 amide bonds. The summed E-state index contributed by atoms with van der Waals surface area (Å²) >= 11 is 8.38. The number of aromatic nitrogens is 2. The summed E-state index contributed by atoms with van der Waals surface area (Å²) in [7, 11) is 0. The van der Waals surface area contributed by atoms with Gasteiger partial charge >= 0.3 is 0 Å². The fourth-order valence-corrected chi connectivity index (χ4v) is 4.62. The summed E-state index contributed by atoms with van der Waals surface area (Å²) in [6, 6.07) is 7.19. The molecule has 0 radical (unpaired) electrons. The SMILES string of the molecule is ClCCc1nc2cc(I)ccc2n1C1CN2CCC1CC2. The predicted molar refractivity (Wildman–Crippen MR) is 95.1 cm³/mol. The molecule has 0 saturated carbocycles. The van der Waals surface area contributed by atoms with Crippen LogP contribution in [0.5, 0.6) is 0 Å². The maximum absolute atomic E-state index is 6.02. The van der Waals surface area contributed by atoms with Crippen LogP contribution in [0.1, 0.15) is 24.7 Å². The van der Waals surface area contributed by atoms with Crippen molar-refractivity contribution in [1.29, 1.82) is 0 Å². The summed E-state index contributed by atoms with van der Waals surface area (Å²) < 4.78 is 3.75. The third kappa shape index (κ3) is 2.49. The van der Waals surface area contributed by atoms with E-state index in [1.165, 1.54) is 47.4 Å². The third-order valence-corrected chi connectivity index (χ3v) is 5.86. The largest absolute Gasteiger partial charge is 0.323 e. The topological polar surface area (TPSA) is 21.1 Å². The number of aryl methyl sites for hydroxylation is 1. The molecule has 5 rings (SSSR count). The van der Waals surface area contributed by atoms with E-state index in [4.69, 9.17) is 16.6 Å². The second-order valence-corrected chi connectivity index (χ2v) is 7.80. The smallest absolute Gasteiger partial charge is 0.111 e. The van der Waals surface area contributed by atoms with Crippen LogP contribution in [0, 0.1) is 9.49 Å². The number of nitrogens with zero attached hydrogens (tertiary/aromatic N) is 3. The maximum atomic E-state index is 6.02. The Kier molecular flexibility index (Phi) is 3.88. The number of imidazole rings is 1. The molecule has 0 N–H and O–H groups in total. The Morgan fingerprint density at radius 1 is 1.29 bits per heavy atom. The molecule has 3 saturated heterocycles. The minimum absolute atomic E-state index is 0.579. The van der Waals surface area contributed by atoms with E-state index in [1.54, 1.807) is 0 Å². The molecule has 3 fully saturated rings. The fourth-order valence-electron chi connectivity index (χ4n) is 3.98. The summed E-state index contributed by atoms with van der Waals surface area (Å²) in [4.78, 5) is 7.48. The van der Waals surface area contributed by atoms with E-state index >= 15 is 0 Å². The van der Waals surface area contributed by atoms with Crippen molar-refractivity contribution >= 4 is 45.2 Å². The number of alkyl halides is 1. The highest BCUT2D eigenvalue weighted by atomic mass is 127. The molecular weight excluding hydrogens is 397 g/mol. The van der Waals surface area contributed by atoms with E-state index in [9.17, 15) is 0 Å². The van der Waals surface area contributed by atoms with E-state index in [1.807, 2.05) is 0 Å². The lowest BCUT2D eigenvalue weighted by Crippen LogP contribution is -2.48. The van der Waals surface area contributed by atoms with Crippen molar-refractivity contribution in [3.05, 3.63) is 27.6 Å². The van der Waals surface area contributed by atoms with Gasteiger partial charge in [-0.05, 0) is 72.6 Å². The second-order valence-electron chi connectivity index (χ2n) is 6.18. The predicted octanol–water partition coefficient (Wildman–Crippen LogP) is 3.69. The van der Waals surface area contributed by atoms with Crippen molar-refractivity contribution in [1.82, 2.24) is 14.5 Å². The van der Waals surface area contributed by atoms with Crippen molar-refractivity contribution in [2.75, 3.05) is 25.5 Å². The lowest BCUT2D eigenvalue weighted by molar-refractivity contribution is 0.0576. The van der Waals surface area contributed by atoms with E-state index in [0.717, 1.165) is 17.9 Å². The van der Waals surface area contributed by atoms with Gasteiger partial charge in [-0.15, -0.1) is 11.6 Å². The van der Waals surface area contributed by atoms with Crippen LogP contribution in [-0.2, 0) is 6.42 Å². The van der Waals surface area contributed by atoms with Crippen LogP contribution in [-0.4, -0.2) is 40.0 Å². The molecule has 3 aliphatic rings. The minimum atomic E-state index is 0.579. The van der Waals surface area contributed by atoms with Crippen LogP contribution in [0.3, 0.4) is 0 Å². The normalized spacial score (nSPS) is 28.4. The lowest BCUT2D eigenvalue weighted by Gasteiger charge is -2.45. The van der Waals surface area contributed by atoms with Gasteiger partial charge in [-0.2, -0.15) is 0 Å². The lowest BCUT2D eigenvalue weighted by atomic mass is 9.83. The van der Waals surface area contributed by atoms with Crippen LogP contribution in [0.2, 0.25) is 0 Å². The molecule has 3 aliphatic heterocycles. The first kappa shape index (κ1) is 14.3. The molecule has 2 aromatic rings. The van der Waals surface area contributed by atoms with Gasteiger partial charge < -0.3 is 9.47 Å². The van der Waals surface area contributed by atoms with E-state index < -0.39 is 0 Å². The van der Waals surface area contributed by atoms with Crippen LogP contribution >= 0.6 is 34.2 Å². The van der Waals surface area contributed by atoms with Crippen molar-refractivity contribution in [2.45, 2.75) is 25.3 Å². The summed E-state index contributed by atoms with van der Waals surface area (Å²) in [6.07, 6.45) is 3.51. The number of fused-ring (bicyclic) bond motifs is 4. The summed E-state index contributed by atoms with van der Waals surface area (Å²) in [5, 5.41) is 0. The van der Waals surface area contributed by atoms with Crippen LogP contribution in [0.25, 0.3) is 11.0 Å². The third-order valence-electron chi connectivity index (χ3n) is 5.00. The Morgan fingerprint density at radius 3 is 2.76 bits per heavy atom. The van der Waals surface area contributed by atoms with Gasteiger partial charge in [0.2, 0.25) is 0 Å². The van der Waals surface area contributed by atoms with Gasteiger partial charge in [0.05, 0.1) is 17.1 Å². The zero-order valence-corrected chi connectivity index (χ0v) is 14.8. The first-order valence-electron chi connectivity index (χ1n) is 7.71. The van der Waals surface area contributed by atoms with Gasteiger partial charge in [-0.1, -0.05) is 0 Å². The minimum Gasteiger partial charge on any atom is -0.323 e. The standard InChI is InChI=1S/C16H19ClIN3/c17-6-3-16-19-13-9-12(18)1-2-14(13)21(16)15-10-20-7-4-11(15)5-8-20/h1-2,9,11,15H,3-8,10H2. The number of hydrogen-bond donors (Lipinski definition) is 0. The molecule has 0 spiro atoms. The highest BCUT2D eigenvalue weighted by Crippen LogP contribution is 2.38. The summed E-state index contributed by atoms with van der Waals surface area (Å²) in [5.74, 6) is 2.61. The van der Waals surface area contributed by atoms with Crippen LogP contribution < -0.4 is 0 Å². The van der Waals surface area contributed by atoms with Gasteiger partial charge in [-0.3, -0.25) is 0 Å². The van der Waals surface area contributed by atoms with Crippen molar-refractivity contribution in [3.63, 3.8) is 0 Å². The molecule has 3 nitrogen and oxygen atoms in total. The van der Waals surface area contributed by atoms with E-state index in [2.05, 4.69) is 50.3 Å². The van der Waals surface area contributed by atoms with Gasteiger partial charge in [0.25, 0.3) is 0 Å². The molecule has 1 atom stereocenters. The monoisotopic (exact) mass is 415 g/mol. The van der Waals surface area contributed by atoms with Gasteiger partial charge in [0.1, 0.15) is 5.82 Å². The Bertz CT molecular complexity index is 661. The molecule has 4 heterocycles. The molecule has 1 unspecified atom stereocenters. The molecule has 0 aliphatic carbocycles. The van der Waals surface area contributed by atoms with Gasteiger partial charge in [0.15, 0.2) is 0 Å². The van der Waals surface area contributed by atoms with Gasteiger partial charge in [0, 0.05) is 22.4 Å². The number of benzene rings is 1. The Labute approximate surface area is 143 Å². The highest BCUT2D eigenvalue weighted by molar-refractivity contribution is 14.1. The summed E-state index contributed by atoms with van der Waals surface area (Å²) in [6.45, 7) is 3.73. The van der Waals surface area contributed by atoms with Crippen molar-refractivity contribution in [3.8, 4) is 0 Å². The Hall–Kier alpha value is -0.330. The molecule has 112 valence electrons. The molecule has 1 aromatic heterocycles.